The number of carbonyl (C=O) groups excluding carboxylic acids is 1. The monoisotopic (exact) mass is 406 g/mol. The Bertz CT molecular complexity index is 980. The van der Waals surface area contributed by atoms with Crippen molar-refractivity contribution in [2.75, 3.05) is 0 Å². The highest BCUT2D eigenvalue weighted by molar-refractivity contribution is 6.30. The zero-order chi connectivity index (χ0) is 20.6. The minimum Gasteiger partial charge on any atom is -0.373 e. The maximum absolute atomic E-state index is 13.8. The third kappa shape index (κ3) is 3.35. The minimum absolute atomic E-state index is 0.280. The van der Waals surface area contributed by atoms with Crippen molar-refractivity contribution in [2.24, 2.45) is 11.3 Å². The Kier molecular flexibility index (Phi) is 5.21. The van der Waals surface area contributed by atoms with Crippen molar-refractivity contribution in [3.05, 3.63) is 82.4 Å². The van der Waals surface area contributed by atoms with E-state index in [1.54, 1.807) is 12.1 Å². The molecule has 148 valence electrons. The summed E-state index contributed by atoms with van der Waals surface area (Å²) in [7, 11) is 0. The summed E-state index contributed by atoms with van der Waals surface area (Å²) in [4.78, 5) is 15.2. The second kappa shape index (κ2) is 7.67. The van der Waals surface area contributed by atoms with Crippen LogP contribution < -0.4 is 0 Å². The Morgan fingerprint density at radius 2 is 1.90 bits per heavy atom. The lowest BCUT2D eigenvalue weighted by molar-refractivity contribution is -0.166. The topological polar surface area (TPSA) is 64.3 Å². The van der Waals surface area contributed by atoms with Crippen LogP contribution in [0.1, 0.15) is 36.8 Å². The number of likely N-dealkylation sites (tertiary alicyclic amines) is 1. The van der Waals surface area contributed by atoms with E-state index in [1.165, 1.54) is 4.90 Å². The summed E-state index contributed by atoms with van der Waals surface area (Å²) in [6.07, 6.45) is 2.08. The van der Waals surface area contributed by atoms with Gasteiger partial charge in [0.15, 0.2) is 0 Å². The summed E-state index contributed by atoms with van der Waals surface area (Å²) < 4.78 is 0. The van der Waals surface area contributed by atoms with Crippen LogP contribution in [-0.2, 0) is 11.3 Å². The van der Waals surface area contributed by atoms with Crippen LogP contribution in [0.4, 0.5) is 0 Å². The average Bonchev–Trinajstić information content (AvgIpc) is 2.72. The largest absolute Gasteiger partial charge is 0.373 e. The van der Waals surface area contributed by atoms with Gasteiger partial charge in [0.25, 0.3) is 0 Å². The molecule has 2 aliphatic rings. The molecule has 1 aliphatic carbocycles. The molecule has 4 rings (SSSR count). The second-order valence-electron chi connectivity index (χ2n) is 8.04. The smallest absolute Gasteiger partial charge is 0.246 e. The number of hydrogen-bond donors (Lipinski definition) is 1. The van der Waals surface area contributed by atoms with E-state index < -0.39 is 11.6 Å². The molecule has 1 fully saturated rings. The first-order chi connectivity index (χ1) is 14.0. The number of fused-ring (bicyclic) bond motifs is 1. The Balaban J connectivity index is 1.78. The van der Waals surface area contributed by atoms with Crippen molar-refractivity contribution in [3.63, 3.8) is 0 Å². The molecule has 29 heavy (non-hydrogen) atoms. The van der Waals surface area contributed by atoms with Gasteiger partial charge in [-0.05, 0) is 36.6 Å². The van der Waals surface area contributed by atoms with Crippen LogP contribution in [0.15, 0.2) is 66.2 Å². The fraction of sp³-hybridized carbons (Fsp3) is 0.333. The van der Waals surface area contributed by atoms with Gasteiger partial charge in [-0.15, -0.1) is 0 Å². The summed E-state index contributed by atoms with van der Waals surface area (Å²) in [5.41, 5.74) is 1.76. The maximum atomic E-state index is 13.8. The fourth-order valence-electron chi connectivity index (χ4n) is 4.82. The molecule has 2 aromatic carbocycles. The normalized spacial score (nSPS) is 29.0. The Morgan fingerprint density at radius 3 is 2.55 bits per heavy atom. The number of aliphatic hydroxyl groups is 1. The molecule has 0 radical (unpaired) electrons. The molecule has 1 aliphatic heterocycles. The van der Waals surface area contributed by atoms with E-state index in [2.05, 4.69) is 6.07 Å². The number of amides is 1. The maximum Gasteiger partial charge on any atom is 0.246 e. The number of benzene rings is 2. The van der Waals surface area contributed by atoms with Gasteiger partial charge in [-0.2, -0.15) is 5.26 Å². The lowest BCUT2D eigenvalue weighted by Crippen LogP contribution is -2.59. The van der Waals surface area contributed by atoms with Gasteiger partial charge in [0.1, 0.15) is 11.6 Å². The molecule has 0 aromatic heterocycles. The third-order valence-electron chi connectivity index (χ3n) is 6.24. The fourth-order valence-corrected chi connectivity index (χ4v) is 4.94. The van der Waals surface area contributed by atoms with Gasteiger partial charge in [0.2, 0.25) is 5.91 Å². The average molecular weight is 407 g/mol. The number of nitriles is 1. The molecule has 0 saturated carbocycles. The van der Waals surface area contributed by atoms with E-state index in [0.717, 1.165) is 16.7 Å². The molecule has 1 heterocycles. The van der Waals surface area contributed by atoms with E-state index in [4.69, 9.17) is 11.6 Å². The number of hydrogen-bond acceptors (Lipinski definition) is 3. The van der Waals surface area contributed by atoms with Gasteiger partial charge in [-0.1, -0.05) is 65.7 Å². The SMILES string of the molecule is CC1=C[C@@H]2C[C@H](O)N(Cc3ccccc3)C(=O)[C@]2(C#N)[C@H](c2ccc(Cl)cc2)C1. The molecule has 0 unspecified atom stereocenters. The van der Waals surface area contributed by atoms with Crippen molar-refractivity contribution in [1.82, 2.24) is 4.90 Å². The van der Waals surface area contributed by atoms with Crippen LogP contribution in [0.25, 0.3) is 0 Å². The number of nitrogens with zero attached hydrogens (tertiary/aromatic N) is 2. The predicted octanol–water partition coefficient (Wildman–Crippen LogP) is 4.65. The van der Waals surface area contributed by atoms with Crippen LogP contribution in [0.3, 0.4) is 0 Å². The van der Waals surface area contributed by atoms with Gasteiger partial charge in [0, 0.05) is 29.8 Å². The molecule has 0 bridgehead atoms. The molecule has 4 atom stereocenters. The predicted molar refractivity (Wildman–Crippen MR) is 112 cm³/mol. The van der Waals surface area contributed by atoms with Crippen molar-refractivity contribution in [1.29, 1.82) is 5.26 Å². The summed E-state index contributed by atoms with van der Waals surface area (Å²) in [6.45, 7) is 2.31. The Labute approximate surface area is 176 Å². The number of allylic oxidation sites excluding steroid dienone is 2. The third-order valence-corrected chi connectivity index (χ3v) is 6.49. The molecule has 5 heteroatoms. The summed E-state index contributed by atoms with van der Waals surface area (Å²) >= 11 is 6.06. The van der Waals surface area contributed by atoms with Crippen molar-refractivity contribution in [3.8, 4) is 6.07 Å². The summed E-state index contributed by atoms with van der Waals surface area (Å²) in [5.74, 6) is -0.897. The highest BCUT2D eigenvalue weighted by atomic mass is 35.5. The van der Waals surface area contributed by atoms with E-state index >= 15 is 0 Å². The van der Waals surface area contributed by atoms with Crippen LogP contribution >= 0.6 is 11.6 Å². The standard InChI is InChI=1S/C24H23ClN2O2/c1-16-11-19-13-22(28)27(14-17-5-3-2-4-6-17)23(29)24(19,15-26)21(12-16)18-7-9-20(25)10-8-18/h2-11,19,21-22,28H,12-14H2,1H3/t19-,21+,22+,24+/m1/s1. The molecule has 4 nitrogen and oxygen atoms in total. The van der Waals surface area contributed by atoms with E-state index in [1.807, 2.05) is 55.5 Å². The van der Waals surface area contributed by atoms with Gasteiger partial charge in [-0.25, -0.2) is 0 Å². The van der Waals surface area contributed by atoms with Gasteiger partial charge < -0.3 is 10.0 Å². The van der Waals surface area contributed by atoms with Crippen LogP contribution in [0, 0.1) is 22.7 Å². The minimum atomic E-state index is -1.23. The molecular weight excluding hydrogens is 384 g/mol. The number of rotatable bonds is 3. The van der Waals surface area contributed by atoms with Crippen LogP contribution in [-0.4, -0.2) is 22.1 Å². The van der Waals surface area contributed by atoms with Crippen molar-refractivity contribution < 1.29 is 9.90 Å². The Hall–Kier alpha value is -2.61. The molecule has 1 amide bonds. The number of halogens is 1. The lowest BCUT2D eigenvalue weighted by Gasteiger charge is -2.50. The highest BCUT2D eigenvalue weighted by Gasteiger charge is 2.59. The first-order valence-electron chi connectivity index (χ1n) is 9.82. The highest BCUT2D eigenvalue weighted by Crippen LogP contribution is 2.54. The van der Waals surface area contributed by atoms with Crippen molar-refractivity contribution in [2.45, 2.75) is 38.5 Å². The van der Waals surface area contributed by atoms with E-state index in [0.29, 0.717) is 17.9 Å². The van der Waals surface area contributed by atoms with Gasteiger partial charge in [0.05, 0.1) is 6.07 Å². The molecular formula is C24H23ClN2O2. The van der Waals surface area contributed by atoms with E-state index in [-0.39, 0.29) is 24.3 Å². The number of aliphatic hydroxyl groups excluding tert-OH is 1. The molecule has 0 spiro atoms. The lowest BCUT2D eigenvalue weighted by atomic mass is 9.56. The van der Waals surface area contributed by atoms with Crippen LogP contribution in [0.5, 0.6) is 0 Å². The zero-order valence-corrected chi connectivity index (χ0v) is 17.0. The molecule has 1 saturated heterocycles. The first kappa shape index (κ1) is 19.7. The van der Waals surface area contributed by atoms with Gasteiger partial charge in [-0.3, -0.25) is 4.79 Å². The summed E-state index contributed by atoms with van der Waals surface area (Å²) in [5, 5.41) is 21.8. The van der Waals surface area contributed by atoms with Crippen molar-refractivity contribution >= 4 is 17.5 Å². The second-order valence-corrected chi connectivity index (χ2v) is 8.48. The van der Waals surface area contributed by atoms with Crippen LogP contribution in [0.2, 0.25) is 5.02 Å². The first-order valence-corrected chi connectivity index (χ1v) is 10.2. The zero-order valence-electron chi connectivity index (χ0n) is 16.3. The number of piperidine rings is 1. The molecule has 1 N–H and O–H groups in total. The summed E-state index contributed by atoms with van der Waals surface area (Å²) in [6, 6.07) is 19.4. The van der Waals surface area contributed by atoms with Gasteiger partial charge >= 0.3 is 0 Å². The quantitative estimate of drug-likeness (QED) is 0.754. The number of carbonyl (C=O) groups is 1. The Morgan fingerprint density at radius 1 is 1.21 bits per heavy atom. The van der Waals surface area contributed by atoms with E-state index in [9.17, 15) is 15.2 Å². The molecule has 2 aromatic rings.